The third-order valence-corrected chi connectivity index (χ3v) is 5.86. The Bertz CT molecular complexity index is 892. The molecule has 0 unspecified atom stereocenters. The lowest BCUT2D eigenvalue weighted by atomic mass is 9.74. The maximum atomic E-state index is 12.6. The average molecular weight is 411 g/mol. The molecule has 3 rings (SSSR count). The van der Waals surface area contributed by atoms with Gasteiger partial charge in [-0.15, -0.1) is 0 Å². The van der Waals surface area contributed by atoms with E-state index in [1.54, 1.807) is 7.11 Å². The predicted octanol–water partition coefficient (Wildman–Crippen LogP) is 3.42. The molecule has 0 radical (unpaired) electrons. The number of aryl methyl sites for hydroxylation is 3. The van der Waals surface area contributed by atoms with Crippen LogP contribution < -0.4 is 15.4 Å². The van der Waals surface area contributed by atoms with Crippen LogP contribution in [0, 0.1) is 20.8 Å². The molecule has 2 N–H and O–H groups in total. The highest BCUT2D eigenvalue weighted by atomic mass is 16.5. The third-order valence-electron chi connectivity index (χ3n) is 5.86. The van der Waals surface area contributed by atoms with Crippen molar-refractivity contribution in [3.8, 4) is 5.75 Å². The summed E-state index contributed by atoms with van der Waals surface area (Å²) in [6, 6.07) is 11.9. The molecular formula is C24H30N2O4. The Morgan fingerprint density at radius 3 is 2.17 bits per heavy atom. The number of carbonyl (C=O) groups excluding carboxylic acids is 2. The molecule has 2 amide bonds. The second kappa shape index (κ2) is 9.30. The molecule has 0 aromatic heterocycles. The summed E-state index contributed by atoms with van der Waals surface area (Å²) in [7, 11) is 1.63. The van der Waals surface area contributed by atoms with Crippen molar-refractivity contribution in [2.45, 2.75) is 39.0 Å². The van der Waals surface area contributed by atoms with E-state index >= 15 is 0 Å². The van der Waals surface area contributed by atoms with Gasteiger partial charge < -0.3 is 20.1 Å². The predicted molar refractivity (Wildman–Crippen MR) is 117 cm³/mol. The average Bonchev–Trinajstić information content (AvgIpc) is 2.75. The fourth-order valence-corrected chi connectivity index (χ4v) is 4.15. The Hall–Kier alpha value is -2.86. The summed E-state index contributed by atoms with van der Waals surface area (Å²) in [5.41, 5.74) is 4.53. The van der Waals surface area contributed by atoms with Gasteiger partial charge in [-0.3, -0.25) is 9.59 Å². The van der Waals surface area contributed by atoms with Gasteiger partial charge in [-0.2, -0.15) is 0 Å². The Morgan fingerprint density at radius 1 is 1.00 bits per heavy atom. The van der Waals surface area contributed by atoms with E-state index in [-0.39, 0.29) is 5.41 Å². The number of benzene rings is 2. The molecule has 1 heterocycles. The van der Waals surface area contributed by atoms with Crippen LogP contribution in [0.3, 0.4) is 0 Å². The van der Waals surface area contributed by atoms with Crippen molar-refractivity contribution in [3.63, 3.8) is 0 Å². The molecule has 0 saturated carbocycles. The zero-order chi connectivity index (χ0) is 21.7. The monoisotopic (exact) mass is 410 g/mol. The van der Waals surface area contributed by atoms with Crippen LogP contribution in [0.1, 0.15) is 35.1 Å². The fourth-order valence-electron chi connectivity index (χ4n) is 4.15. The first-order chi connectivity index (χ1) is 14.3. The molecule has 6 nitrogen and oxygen atoms in total. The summed E-state index contributed by atoms with van der Waals surface area (Å²) < 4.78 is 10.8. The van der Waals surface area contributed by atoms with E-state index in [1.807, 2.05) is 57.2 Å². The highest BCUT2D eigenvalue weighted by molar-refractivity contribution is 6.39. The number of nitrogens with one attached hydrogen (secondary N) is 2. The van der Waals surface area contributed by atoms with Crippen molar-refractivity contribution < 1.29 is 19.1 Å². The third kappa shape index (κ3) is 4.82. The van der Waals surface area contributed by atoms with Crippen LogP contribution in [0.25, 0.3) is 0 Å². The van der Waals surface area contributed by atoms with Gasteiger partial charge in [0.15, 0.2) is 0 Å². The molecule has 0 aliphatic carbocycles. The van der Waals surface area contributed by atoms with Crippen molar-refractivity contribution in [1.82, 2.24) is 5.32 Å². The van der Waals surface area contributed by atoms with Crippen molar-refractivity contribution >= 4 is 17.5 Å². The summed E-state index contributed by atoms with van der Waals surface area (Å²) >= 11 is 0. The molecule has 1 saturated heterocycles. The maximum absolute atomic E-state index is 12.6. The summed E-state index contributed by atoms with van der Waals surface area (Å²) in [6.07, 6.45) is 1.55. The van der Waals surface area contributed by atoms with Crippen LogP contribution in [0.15, 0.2) is 36.4 Å². The second-order valence-corrected chi connectivity index (χ2v) is 8.03. The van der Waals surface area contributed by atoms with Gasteiger partial charge in [-0.05, 0) is 62.4 Å². The first-order valence-electron chi connectivity index (χ1n) is 10.2. The highest BCUT2D eigenvalue weighted by Crippen LogP contribution is 2.35. The fraction of sp³-hybridized carbons (Fsp3) is 0.417. The number of anilines is 1. The van der Waals surface area contributed by atoms with Crippen LogP contribution >= 0.6 is 0 Å². The number of carbonyl (C=O) groups is 2. The SMILES string of the molecule is COc1ccc(C2(CNC(=O)C(=O)Nc3c(C)cc(C)cc3C)CCOCC2)cc1. The van der Waals surface area contributed by atoms with Gasteiger partial charge in [0.2, 0.25) is 0 Å². The minimum absolute atomic E-state index is 0.268. The molecule has 30 heavy (non-hydrogen) atoms. The Morgan fingerprint density at radius 2 is 1.60 bits per heavy atom. The molecule has 1 fully saturated rings. The van der Waals surface area contributed by atoms with E-state index < -0.39 is 11.8 Å². The van der Waals surface area contributed by atoms with Crippen molar-refractivity contribution in [2.24, 2.45) is 0 Å². The number of ether oxygens (including phenoxy) is 2. The Labute approximate surface area is 178 Å². The first kappa shape index (κ1) is 21.8. The summed E-state index contributed by atoms with van der Waals surface area (Å²) in [4.78, 5) is 25.1. The lowest BCUT2D eigenvalue weighted by molar-refractivity contribution is -0.136. The van der Waals surface area contributed by atoms with Gasteiger partial charge in [0, 0.05) is 30.9 Å². The quantitative estimate of drug-likeness (QED) is 0.741. The minimum Gasteiger partial charge on any atom is -0.497 e. The van der Waals surface area contributed by atoms with Gasteiger partial charge in [-0.25, -0.2) is 0 Å². The minimum atomic E-state index is -0.651. The lowest BCUT2D eigenvalue weighted by Gasteiger charge is -2.38. The zero-order valence-electron chi connectivity index (χ0n) is 18.1. The van der Waals surface area contributed by atoms with Crippen LogP contribution in [-0.2, 0) is 19.7 Å². The standard InChI is InChI=1S/C24H30N2O4/c1-16-13-17(2)21(18(3)14-16)26-23(28)22(27)25-15-24(9-11-30-12-10-24)19-5-7-20(29-4)8-6-19/h5-8,13-14H,9-12,15H2,1-4H3,(H,25,27)(H,26,28). The maximum Gasteiger partial charge on any atom is 0.313 e. The van der Waals surface area contributed by atoms with E-state index in [2.05, 4.69) is 10.6 Å². The number of hydrogen-bond donors (Lipinski definition) is 2. The van der Waals surface area contributed by atoms with E-state index in [1.165, 1.54) is 0 Å². The molecule has 1 aliphatic rings. The zero-order valence-corrected chi connectivity index (χ0v) is 18.1. The summed E-state index contributed by atoms with van der Waals surface area (Å²) in [5, 5.41) is 5.62. The molecular weight excluding hydrogens is 380 g/mol. The smallest absolute Gasteiger partial charge is 0.313 e. The van der Waals surface area contributed by atoms with Gasteiger partial charge in [0.1, 0.15) is 5.75 Å². The molecule has 0 spiro atoms. The molecule has 1 aliphatic heterocycles. The van der Waals surface area contributed by atoms with Crippen LogP contribution in [0.4, 0.5) is 5.69 Å². The summed E-state index contributed by atoms with van der Waals surface area (Å²) in [5.74, 6) is -0.496. The number of rotatable bonds is 5. The lowest BCUT2D eigenvalue weighted by Crippen LogP contribution is -2.47. The normalized spacial score (nSPS) is 15.3. The van der Waals surface area contributed by atoms with E-state index in [9.17, 15) is 9.59 Å². The Kier molecular flexibility index (Phi) is 6.77. The van der Waals surface area contributed by atoms with Gasteiger partial charge in [0.05, 0.1) is 7.11 Å². The molecule has 2 aromatic rings. The number of hydrogen-bond acceptors (Lipinski definition) is 4. The van der Waals surface area contributed by atoms with Crippen molar-refractivity contribution in [1.29, 1.82) is 0 Å². The van der Waals surface area contributed by atoms with E-state index in [0.29, 0.717) is 25.4 Å². The summed E-state index contributed by atoms with van der Waals surface area (Å²) in [6.45, 7) is 7.47. The second-order valence-electron chi connectivity index (χ2n) is 8.03. The van der Waals surface area contributed by atoms with E-state index in [4.69, 9.17) is 9.47 Å². The molecule has 160 valence electrons. The highest BCUT2D eigenvalue weighted by Gasteiger charge is 2.35. The van der Waals surface area contributed by atoms with Crippen LogP contribution in [0.5, 0.6) is 5.75 Å². The van der Waals surface area contributed by atoms with Crippen molar-refractivity contribution in [3.05, 3.63) is 58.7 Å². The van der Waals surface area contributed by atoms with Gasteiger partial charge in [0.25, 0.3) is 0 Å². The molecule has 0 bridgehead atoms. The van der Waals surface area contributed by atoms with Crippen LogP contribution in [0.2, 0.25) is 0 Å². The van der Waals surface area contributed by atoms with Gasteiger partial charge in [-0.1, -0.05) is 29.8 Å². The Balaban J connectivity index is 1.70. The first-order valence-corrected chi connectivity index (χ1v) is 10.2. The molecule has 6 heteroatoms. The number of methoxy groups -OCH3 is 1. The number of amides is 2. The van der Waals surface area contributed by atoms with Gasteiger partial charge >= 0.3 is 11.8 Å². The van der Waals surface area contributed by atoms with E-state index in [0.717, 1.165) is 40.8 Å². The molecule has 2 aromatic carbocycles. The van der Waals surface area contributed by atoms with Crippen molar-refractivity contribution in [2.75, 3.05) is 32.2 Å². The van der Waals surface area contributed by atoms with Crippen LogP contribution in [-0.4, -0.2) is 38.7 Å². The molecule has 0 atom stereocenters. The largest absolute Gasteiger partial charge is 0.497 e. The topological polar surface area (TPSA) is 76.7 Å².